The van der Waals surface area contributed by atoms with Crippen LogP contribution in [-0.4, -0.2) is 28.1 Å². The second-order valence-corrected chi connectivity index (χ2v) is 4.82. The van der Waals surface area contributed by atoms with Crippen LogP contribution in [0.4, 0.5) is 4.79 Å². The van der Waals surface area contributed by atoms with Gasteiger partial charge >= 0.3 is 12.0 Å². The molecule has 6 nitrogen and oxygen atoms in total. The monoisotopic (exact) mass is 279 g/mol. The predicted octanol–water partition coefficient (Wildman–Crippen LogP) is 1.83. The van der Waals surface area contributed by atoms with Crippen molar-refractivity contribution in [1.29, 1.82) is 0 Å². The van der Waals surface area contributed by atoms with Crippen molar-refractivity contribution in [3.8, 4) is 0 Å². The number of aryl methyl sites for hydroxylation is 1. The van der Waals surface area contributed by atoms with Crippen LogP contribution in [0.25, 0.3) is 0 Å². The number of carboxylic acids is 1. The Morgan fingerprint density at radius 1 is 1.45 bits per heavy atom. The molecule has 0 bridgehead atoms. The number of nitrogens with one attached hydrogen (secondary N) is 2. The van der Waals surface area contributed by atoms with E-state index in [1.54, 1.807) is 12.4 Å². The van der Waals surface area contributed by atoms with Crippen LogP contribution in [0.2, 0.25) is 0 Å². The smallest absolute Gasteiger partial charge is 0.315 e. The Balaban J connectivity index is 2.26. The van der Waals surface area contributed by atoms with E-state index in [4.69, 9.17) is 5.11 Å². The summed E-state index contributed by atoms with van der Waals surface area (Å²) >= 11 is 0. The molecule has 0 aliphatic heterocycles. The third-order valence-electron chi connectivity index (χ3n) is 2.98. The van der Waals surface area contributed by atoms with Gasteiger partial charge in [-0.25, -0.2) is 4.79 Å². The average molecular weight is 279 g/mol. The van der Waals surface area contributed by atoms with E-state index in [0.29, 0.717) is 19.4 Å². The molecule has 1 heterocycles. The van der Waals surface area contributed by atoms with Crippen LogP contribution >= 0.6 is 0 Å². The molecule has 0 aromatic carbocycles. The highest BCUT2D eigenvalue weighted by Gasteiger charge is 2.08. The van der Waals surface area contributed by atoms with Gasteiger partial charge in [0, 0.05) is 31.4 Å². The Morgan fingerprint density at radius 2 is 2.20 bits per heavy atom. The van der Waals surface area contributed by atoms with Crippen LogP contribution in [-0.2, 0) is 11.3 Å². The van der Waals surface area contributed by atoms with Crippen molar-refractivity contribution in [2.45, 2.75) is 45.7 Å². The first-order valence-electron chi connectivity index (χ1n) is 6.64. The molecule has 0 spiro atoms. The van der Waals surface area contributed by atoms with Gasteiger partial charge in [-0.1, -0.05) is 0 Å². The zero-order valence-corrected chi connectivity index (χ0v) is 11.8. The van der Waals surface area contributed by atoms with Gasteiger partial charge in [-0.2, -0.15) is 0 Å². The van der Waals surface area contributed by atoms with Crippen molar-refractivity contribution in [2.75, 3.05) is 0 Å². The molecule has 1 atom stereocenters. The first kappa shape index (κ1) is 15.9. The highest BCUT2D eigenvalue weighted by Crippen LogP contribution is 2.04. The molecule has 0 aliphatic rings. The summed E-state index contributed by atoms with van der Waals surface area (Å²) in [4.78, 5) is 26.1. The molecule has 1 aromatic heterocycles. The van der Waals surface area contributed by atoms with Crippen molar-refractivity contribution in [1.82, 2.24) is 15.6 Å². The summed E-state index contributed by atoms with van der Waals surface area (Å²) in [5.41, 5.74) is 2.05. The fourth-order valence-corrected chi connectivity index (χ4v) is 1.78. The number of hydrogen-bond acceptors (Lipinski definition) is 3. The summed E-state index contributed by atoms with van der Waals surface area (Å²) in [6.45, 7) is 4.25. The van der Waals surface area contributed by atoms with Gasteiger partial charge in [0.15, 0.2) is 0 Å². The molecule has 0 radical (unpaired) electrons. The molecule has 110 valence electrons. The summed E-state index contributed by atoms with van der Waals surface area (Å²) in [5, 5.41) is 14.1. The Hall–Kier alpha value is -2.11. The quantitative estimate of drug-likeness (QED) is 0.710. The molecule has 0 saturated carbocycles. The maximum absolute atomic E-state index is 11.7. The Bertz CT molecular complexity index is 463. The van der Waals surface area contributed by atoms with Gasteiger partial charge in [0.25, 0.3) is 0 Å². The Kier molecular flexibility index (Phi) is 6.49. The predicted molar refractivity (Wildman–Crippen MR) is 75.3 cm³/mol. The van der Waals surface area contributed by atoms with E-state index in [-0.39, 0.29) is 18.5 Å². The van der Waals surface area contributed by atoms with E-state index in [9.17, 15) is 9.59 Å². The van der Waals surface area contributed by atoms with Crippen LogP contribution in [0.3, 0.4) is 0 Å². The van der Waals surface area contributed by atoms with Gasteiger partial charge in [-0.05, 0) is 43.9 Å². The molecule has 0 saturated heterocycles. The summed E-state index contributed by atoms with van der Waals surface area (Å²) in [6, 6.07) is 1.57. The number of nitrogens with zero attached hydrogens (tertiary/aromatic N) is 1. The van der Waals surface area contributed by atoms with Gasteiger partial charge in [-0.15, -0.1) is 0 Å². The largest absolute Gasteiger partial charge is 0.481 e. The molecule has 1 aromatic rings. The number of carboxylic acid groups (broad SMARTS) is 1. The van der Waals surface area contributed by atoms with Crippen molar-refractivity contribution in [3.63, 3.8) is 0 Å². The summed E-state index contributed by atoms with van der Waals surface area (Å²) in [7, 11) is 0. The normalized spacial score (nSPS) is 11.7. The third kappa shape index (κ3) is 6.17. The van der Waals surface area contributed by atoms with E-state index < -0.39 is 5.97 Å². The van der Waals surface area contributed by atoms with E-state index in [1.165, 1.54) is 0 Å². The minimum atomic E-state index is -0.810. The van der Waals surface area contributed by atoms with Crippen LogP contribution in [0.5, 0.6) is 0 Å². The number of amides is 2. The number of urea groups is 1. The standard InChI is InChI=1S/C14H21N3O3/c1-10-8-15-7-6-12(10)9-16-14(20)17-11(2)4-3-5-13(18)19/h6-8,11H,3-5,9H2,1-2H3,(H,18,19)(H2,16,17,20). The SMILES string of the molecule is Cc1cnccc1CNC(=O)NC(C)CCCC(=O)O. The lowest BCUT2D eigenvalue weighted by molar-refractivity contribution is -0.137. The molecular weight excluding hydrogens is 258 g/mol. The van der Waals surface area contributed by atoms with Gasteiger partial charge in [0.05, 0.1) is 0 Å². The minimum Gasteiger partial charge on any atom is -0.481 e. The Labute approximate surface area is 118 Å². The highest BCUT2D eigenvalue weighted by atomic mass is 16.4. The van der Waals surface area contributed by atoms with Crippen molar-refractivity contribution in [2.24, 2.45) is 0 Å². The van der Waals surface area contributed by atoms with Crippen LogP contribution < -0.4 is 10.6 Å². The van der Waals surface area contributed by atoms with Gasteiger partial charge in [-0.3, -0.25) is 9.78 Å². The second-order valence-electron chi connectivity index (χ2n) is 4.82. The number of hydrogen-bond donors (Lipinski definition) is 3. The van der Waals surface area contributed by atoms with Crippen LogP contribution in [0, 0.1) is 6.92 Å². The van der Waals surface area contributed by atoms with Crippen LogP contribution in [0.1, 0.15) is 37.3 Å². The Morgan fingerprint density at radius 3 is 2.85 bits per heavy atom. The van der Waals surface area contributed by atoms with E-state index in [0.717, 1.165) is 11.1 Å². The lowest BCUT2D eigenvalue weighted by Gasteiger charge is -2.14. The topological polar surface area (TPSA) is 91.3 Å². The summed E-state index contributed by atoms with van der Waals surface area (Å²) in [6.07, 6.45) is 4.78. The fraction of sp³-hybridized carbons (Fsp3) is 0.500. The zero-order chi connectivity index (χ0) is 15.0. The zero-order valence-electron chi connectivity index (χ0n) is 11.8. The van der Waals surface area contributed by atoms with Gasteiger partial charge in [0.2, 0.25) is 0 Å². The minimum absolute atomic E-state index is 0.0483. The van der Waals surface area contributed by atoms with E-state index >= 15 is 0 Å². The van der Waals surface area contributed by atoms with Crippen LogP contribution in [0.15, 0.2) is 18.5 Å². The molecule has 20 heavy (non-hydrogen) atoms. The van der Waals surface area contributed by atoms with E-state index in [2.05, 4.69) is 15.6 Å². The lowest BCUT2D eigenvalue weighted by atomic mass is 10.1. The number of aromatic nitrogens is 1. The first-order chi connectivity index (χ1) is 9.49. The molecule has 0 aliphatic carbocycles. The maximum atomic E-state index is 11.7. The molecule has 1 unspecified atom stereocenters. The molecular formula is C14H21N3O3. The highest BCUT2D eigenvalue weighted by molar-refractivity contribution is 5.74. The number of carbonyl (C=O) groups excluding carboxylic acids is 1. The molecule has 0 fully saturated rings. The lowest BCUT2D eigenvalue weighted by Crippen LogP contribution is -2.40. The average Bonchev–Trinajstić information content (AvgIpc) is 2.37. The molecule has 6 heteroatoms. The van der Waals surface area contributed by atoms with E-state index in [1.807, 2.05) is 19.9 Å². The number of carbonyl (C=O) groups is 2. The maximum Gasteiger partial charge on any atom is 0.315 e. The fourth-order valence-electron chi connectivity index (χ4n) is 1.78. The number of aliphatic carboxylic acids is 1. The van der Waals surface area contributed by atoms with Crippen molar-refractivity contribution < 1.29 is 14.7 Å². The second kappa shape index (κ2) is 8.14. The molecule has 3 N–H and O–H groups in total. The third-order valence-corrected chi connectivity index (χ3v) is 2.98. The number of pyridine rings is 1. The first-order valence-corrected chi connectivity index (χ1v) is 6.64. The van der Waals surface area contributed by atoms with Crippen molar-refractivity contribution >= 4 is 12.0 Å². The molecule has 1 rings (SSSR count). The van der Waals surface area contributed by atoms with Crippen molar-refractivity contribution in [3.05, 3.63) is 29.6 Å². The molecule has 2 amide bonds. The van der Waals surface area contributed by atoms with Gasteiger partial charge < -0.3 is 15.7 Å². The summed E-state index contributed by atoms with van der Waals surface area (Å²) in [5.74, 6) is -0.810. The summed E-state index contributed by atoms with van der Waals surface area (Å²) < 4.78 is 0. The number of rotatable bonds is 7. The van der Waals surface area contributed by atoms with Gasteiger partial charge in [0.1, 0.15) is 0 Å².